The third-order valence-corrected chi connectivity index (χ3v) is 3.08. The average Bonchev–Trinajstić information content (AvgIpc) is 2.43. The molecule has 0 amide bonds. The fraction of sp³-hybridized carbons (Fsp3) is 0.571. The molecule has 1 atom stereocenters. The van der Waals surface area contributed by atoms with Crippen molar-refractivity contribution in [1.29, 1.82) is 0 Å². The lowest BCUT2D eigenvalue weighted by atomic mass is 10.1. The molecule has 0 bridgehead atoms. The molecule has 1 aromatic rings. The minimum Gasteiger partial charge on any atom is -0.496 e. The molecule has 19 heavy (non-hydrogen) atoms. The van der Waals surface area contributed by atoms with Crippen molar-refractivity contribution < 1.29 is 9.47 Å². The first-order chi connectivity index (χ1) is 9.12. The summed E-state index contributed by atoms with van der Waals surface area (Å²) >= 11 is 0. The Bertz CT molecular complexity index is 397. The molecule has 1 unspecified atom stereocenters. The van der Waals surface area contributed by atoms with Gasteiger partial charge in [0.1, 0.15) is 11.5 Å². The van der Waals surface area contributed by atoms with Gasteiger partial charge in [0.15, 0.2) is 0 Å². The Morgan fingerprint density at radius 2 is 1.89 bits per heavy atom. The number of aryl methyl sites for hydroxylation is 1. The molecule has 5 N–H and O–H groups in total. The van der Waals surface area contributed by atoms with Gasteiger partial charge in [-0.3, -0.25) is 0 Å². The van der Waals surface area contributed by atoms with Crippen molar-refractivity contribution in [1.82, 2.24) is 5.32 Å². The van der Waals surface area contributed by atoms with Crippen molar-refractivity contribution in [2.45, 2.75) is 19.4 Å². The minimum absolute atomic E-state index is 0.00875. The Kier molecular flexibility index (Phi) is 6.62. The summed E-state index contributed by atoms with van der Waals surface area (Å²) in [6.07, 6.45) is 0.858. The maximum Gasteiger partial charge on any atom is 0.122 e. The van der Waals surface area contributed by atoms with E-state index in [-0.39, 0.29) is 6.04 Å². The number of nitrogens with one attached hydrogen (secondary N) is 1. The van der Waals surface area contributed by atoms with E-state index in [0.717, 1.165) is 42.1 Å². The lowest BCUT2D eigenvalue weighted by Crippen LogP contribution is -2.40. The molecular weight excluding hydrogens is 242 g/mol. The molecule has 0 saturated heterocycles. The lowest BCUT2D eigenvalue weighted by molar-refractivity contribution is 0.396. The molecule has 0 aliphatic heterocycles. The predicted octanol–water partition coefficient (Wildman–Crippen LogP) is 0.430. The smallest absolute Gasteiger partial charge is 0.122 e. The van der Waals surface area contributed by atoms with Crippen molar-refractivity contribution >= 4 is 0 Å². The second-order valence-electron chi connectivity index (χ2n) is 4.58. The van der Waals surface area contributed by atoms with E-state index in [0.29, 0.717) is 6.54 Å². The van der Waals surface area contributed by atoms with Crippen molar-refractivity contribution in [3.8, 4) is 11.5 Å². The first-order valence-electron chi connectivity index (χ1n) is 6.50. The van der Waals surface area contributed by atoms with E-state index < -0.39 is 0 Å². The Labute approximate surface area is 115 Å². The molecule has 0 aliphatic rings. The van der Waals surface area contributed by atoms with Gasteiger partial charge >= 0.3 is 0 Å². The van der Waals surface area contributed by atoms with Gasteiger partial charge in [-0.15, -0.1) is 0 Å². The van der Waals surface area contributed by atoms with Crippen molar-refractivity contribution in [2.24, 2.45) is 11.5 Å². The standard InChI is InChI=1S/C14H25N3O2/c1-10-6-14(19-3)11(7-13(10)18-2)4-5-17-9-12(16)8-15/h6-7,12,17H,4-5,8-9,15-16H2,1-3H3. The first kappa shape index (κ1) is 15.8. The number of methoxy groups -OCH3 is 2. The summed E-state index contributed by atoms with van der Waals surface area (Å²) in [6.45, 7) is 4.05. The van der Waals surface area contributed by atoms with Gasteiger partial charge in [0.2, 0.25) is 0 Å². The number of rotatable bonds is 8. The molecule has 0 heterocycles. The van der Waals surface area contributed by atoms with Crippen LogP contribution in [0.25, 0.3) is 0 Å². The minimum atomic E-state index is 0.00875. The highest BCUT2D eigenvalue weighted by Gasteiger charge is 2.08. The van der Waals surface area contributed by atoms with Gasteiger partial charge in [0.05, 0.1) is 14.2 Å². The van der Waals surface area contributed by atoms with Crippen LogP contribution < -0.4 is 26.3 Å². The molecule has 0 aromatic heterocycles. The maximum atomic E-state index is 5.74. The molecular formula is C14H25N3O2. The number of benzene rings is 1. The molecule has 0 fully saturated rings. The maximum absolute atomic E-state index is 5.74. The fourth-order valence-corrected chi connectivity index (χ4v) is 1.90. The van der Waals surface area contributed by atoms with E-state index in [9.17, 15) is 0 Å². The molecule has 108 valence electrons. The van der Waals surface area contributed by atoms with Crippen molar-refractivity contribution in [3.05, 3.63) is 23.3 Å². The van der Waals surface area contributed by atoms with Gasteiger partial charge in [-0.2, -0.15) is 0 Å². The zero-order chi connectivity index (χ0) is 14.3. The van der Waals surface area contributed by atoms with Crippen LogP contribution in [0.2, 0.25) is 0 Å². The summed E-state index contributed by atoms with van der Waals surface area (Å²) in [7, 11) is 3.36. The number of nitrogens with two attached hydrogens (primary N) is 2. The molecule has 1 aromatic carbocycles. The van der Waals surface area contributed by atoms with Crippen LogP contribution in [0.4, 0.5) is 0 Å². The van der Waals surface area contributed by atoms with Crippen LogP contribution in [-0.4, -0.2) is 39.9 Å². The number of hydrogen-bond donors (Lipinski definition) is 3. The van der Waals surface area contributed by atoms with Crippen LogP contribution in [0.15, 0.2) is 12.1 Å². The molecule has 0 radical (unpaired) electrons. The van der Waals surface area contributed by atoms with Crippen LogP contribution in [0.5, 0.6) is 11.5 Å². The molecule has 1 rings (SSSR count). The topological polar surface area (TPSA) is 82.5 Å². The fourth-order valence-electron chi connectivity index (χ4n) is 1.90. The first-order valence-corrected chi connectivity index (χ1v) is 6.50. The summed E-state index contributed by atoms with van der Waals surface area (Å²) < 4.78 is 10.7. The summed E-state index contributed by atoms with van der Waals surface area (Å²) in [5.74, 6) is 1.78. The second kappa shape index (κ2) is 7.99. The highest BCUT2D eigenvalue weighted by Crippen LogP contribution is 2.28. The largest absolute Gasteiger partial charge is 0.496 e. The van der Waals surface area contributed by atoms with Crippen molar-refractivity contribution in [2.75, 3.05) is 33.9 Å². The van der Waals surface area contributed by atoms with E-state index >= 15 is 0 Å². The zero-order valence-electron chi connectivity index (χ0n) is 12.0. The highest BCUT2D eigenvalue weighted by atomic mass is 16.5. The lowest BCUT2D eigenvalue weighted by Gasteiger charge is -2.14. The molecule has 0 aliphatic carbocycles. The molecule has 5 heteroatoms. The van der Waals surface area contributed by atoms with Gasteiger partial charge in [-0.05, 0) is 43.1 Å². The van der Waals surface area contributed by atoms with Crippen LogP contribution in [0.3, 0.4) is 0 Å². The van der Waals surface area contributed by atoms with Crippen LogP contribution >= 0.6 is 0 Å². The Morgan fingerprint density at radius 3 is 2.47 bits per heavy atom. The van der Waals surface area contributed by atoms with Gasteiger partial charge in [-0.1, -0.05) is 0 Å². The van der Waals surface area contributed by atoms with Gasteiger partial charge in [-0.25, -0.2) is 0 Å². The molecule has 0 saturated carbocycles. The second-order valence-corrected chi connectivity index (χ2v) is 4.58. The average molecular weight is 267 g/mol. The van der Waals surface area contributed by atoms with Crippen LogP contribution in [-0.2, 0) is 6.42 Å². The molecule has 0 spiro atoms. The van der Waals surface area contributed by atoms with E-state index in [1.54, 1.807) is 14.2 Å². The number of hydrogen-bond acceptors (Lipinski definition) is 5. The zero-order valence-corrected chi connectivity index (χ0v) is 12.0. The van der Waals surface area contributed by atoms with Crippen LogP contribution in [0.1, 0.15) is 11.1 Å². The van der Waals surface area contributed by atoms with E-state index in [2.05, 4.69) is 5.32 Å². The quantitative estimate of drug-likeness (QED) is 0.595. The van der Waals surface area contributed by atoms with Gasteiger partial charge in [0.25, 0.3) is 0 Å². The predicted molar refractivity (Wildman–Crippen MR) is 77.9 cm³/mol. The Balaban J connectivity index is 2.61. The van der Waals surface area contributed by atoms with Crippen LogP contribution in [0, 0.1) is 6.92 Å². The molecule has 5 nitrogen and oxygen atoms in total. The van der Waals surface area contributed by atoms with E-state index in [4.69, 9.17) is 20.9 Å². The summed E-state index contributed by atoms with van der Waals surface area (Å²) in [4.78, 5) is 0. The third-order valence-electron chi connectivity index (χ3n) is 3.08. The highest BCUT2D eigenvalue weighted by molar-refractivity contribution is 5.46. The summed E-state index contributed by atoms with van der Waals surface area (Å²) in [6, 6.07) is 4.04. The monoisotopic (exact) mass is 267 g/mol. The van der Waals surface area contributed by atoms with Gasteiger partial charge in [0, 0.05) is 19.1 Å². The summed E-state index contributed by atoms with van der Waals surface area (Å²) in [5.41, 5.74) is 13.4. The van der Waals surface area contributed by atoms with Gasteiger partial charge < -0.3 is 26.3 Å². The Morgan fingerprint density at radius 1 is 1.21 bits per heavy atom. The summed E-state index contributed by atoms with van der Waals surface area (Å²) in [5, 5.41) is 3.29. The third kappa shape index (κ3) is 4.70. The van der Waals surface area contributed by atoms with Crippen molar-refractivity contribution in [3.63, 3.8) is 0 Å². The SMILES string of the molecule is COc1cc(CCNCC(N)CN)c(OC)cc1C. The van der Waals surface area contributed by atoms with E-state index in [1.165, 1.54) is 0 Å². The number of ether oxygens (including phenoxy) is 2. The Hall–Kier alpha value is -1.30. The normalized spacial score (nSPS) is 12.3. The van der Waals surface area contributed by atoms with E-state index in [1.807, 2.05) is 19.1 Å².